The van der Waals surface area contributed by atoms with Crippen LogP contribution in [0.2, 0.25) is 0 Å². The second kappa shape index (κ2) is 3.69. The molecule has 0 radical (unpaired) electrons. The Labute approximate surface area is 96.3 Å². The number of rotatable bonds is 1. The molecule has 0 unspecified atom stereocenters. The van der Waals surface area contributed by atoms with E-state index in [1.807, 2.05) is 17.8 Å². The summed E-state index contributed by atoms with van der Waals surface area (Å²) in [6, 6.07) is 0.165. The lowest BCUT2D eigenvalue weighted by Gasteiger charge is -2.25. The normalized spacial score (nSPS) is 19.9. The lowest BCUT2D eigenvalue weighted by Crippen LogP contribution is -2.29. The highest BCUT2D eigenvalue weighted by atomic mass is 32.1. The molecular formula is C11H12N2O2S. The van der Waals surface area contributed by atoms with Gasteiger partial charge in [-0.25, -0.2) is 0 Å². The van der Waals surface area contributed by atoms with Gasteiger partial charge in [0, 0.05) is 22.0 Å². The topological polar surface area (TPSA) is 54.1 Å². The zero-order chi connectivity index (χ0) is 11.1. The van der Waals surface area contributed by atoms with Gasteiger partial charge in [-0.2, -0.15) is 11.3 Å². The first-order valence-corrected chi connectivity index (χ1v) is 6.11. The van der Waals surface area contributed by atoms with Gasteiger partial charge in [-0.15, -0.1) is 0 Å². The summed E-state index contributed by atoms with van der Waals surface area (Å²) in [6.45, 7) is 1.15. The van der Waals surface area contributed by atoms with Gasteiger partial charge in [0.05, 0.1) is 24.6 Å². The average molecular weight is 236 g/mol. The Bertz CT molecular complexity index is 587. The van der Waals surface area contributed by atoms with E-state index >= 15 is 0 Å². The zero-order valence-corrected chi connectivity index (χ0v) is 9.69. The van der Waals surface area contributed by atoms with Crippen molar-refractivity contribution in [3.05, 3.63) is 32.4 Å². The van der Waals surface area contributed by atoms with Crippen LogP contribution in [0.4, 0.5) is 0 Å². The van der Waals surface area contributed by atoms with Crippen molar-refractivity contribution in [3.63, 3.8) is 0 Å². The molecule has 0 saturated carbocycles. The van der Waals surface area contributed by atoms with Crippen molar-refractivity contribution in [2.45, 2.75) is 12.6 Å². The van der Waals surface area contributed by atoms with Crippen LogP contribution < -0.4 is 10.9 Å². The van der Waals surface area contributed by atoms with Crippen molar-refractivity contribution in [3.8, 4) is 0 Å². The molecule has 0 spiro atoms. The molecule has 0 saturated heterocycles. The monoisotopic (exact) mass is 236 g/mol. The molecule has 3 rings (SSSR count). The number of aromatic amines is 1. The molecule has 0 fully saturated rings. The number of ether oxygens (including phenoxy) is 1. The third-order valence-corrected chi connectivity index (χ3v) is 3.76. The van der Waals surface area contributed by atoms with Crippen LogP contribution in [-0.4, -0.2) is 18.6 Å². The van der Waals surface area contributed by atoms with Crippen molar-refractivity contribution < 1.29 is 4.74 Å². The Morgan fingerprint density at radius 1 is 1.50 bits per heavy atom. The van der Waals surface area contributed by atoms with Crippen molar-refractivity contribution >= 4 is 22.1 Å². The lowest BCUT2D eigenvalue weighted by atomic mass is 9.99. The fourth-order valence-corrected chi connectivity index (χ4v) is 3.05. The molecule has 2 aromatic heterocycles. The van der Waals surface area contributed by atoms with Crippen LogP contribution in [0.25, 0.3) is 10.8 Å². The Kier molecular flexibility index (Phi) is 2.31. The summed E-state index contributed by atoms with van der Waals surface area (Å²) < 4.78 is 5.45. The van der Waals surface area contributed by atoms with E-state index in [2.05, 4.69) is 10.3 Å². The second-order valence-electron chi connectivity index (χ2n) is 3.90. The van der Waals surface area contributed by atoms with Gasteiger partial charge in [-0.05, 0) is 12.4 Å². The summed E-state index contributed by atoms with van der Waals surface area (Å²) in [5.41, 5.74) is 2.07. The van der Waals surface area contributed by atoms with Crippen LogP contribution in [0.3, 0.4) is 0 Å². The molecule has 1 aliphatic rings. The van der Waals surface area contributed by atoms with Gasteiger partial charge in [0.1, 0.15) is 0 Å². The lowest BCUT2D eigenvalue weighted by molar-refractivity contribution is 0.0819. The minimum Gasteiger partial charge on any atom is -0.373 e. The molecule has 0 amide bonds. The molecule has 1 aliphatic heterocycles. The van der Waals surface area contributed by atoms with Crippen LogP contribution in [0, 0.1) is 0 Å². The molecule has 84 valence electrons. The quantitative estimate of drug-likeness (QED) is 0.786. The van der Waals surface area contributed by atoms with Crippen LogP contribution in [0.5, 0.6) is 0 Å². The van der Waals surface area contributed by atoms with Crippen molar-refractivity contribution in [2.24, 2.45) is 0 Å². The fraction of sp³-hybridized carbons (Fsp3) is 0.364. The van der Waals surface area contributed by atoms with Gasteiger partial charge in [0.2, 0.25) is 0 Å². The summed E-state index contributed by atoms with van der Waals surface area (Å²) in [7, 11) is 1.91. The second-order valence-corrected chi connectivity index (χ2v) is 4.65. The number of pyridine rings is 1. The minimum atomic E-state index is -0.0182. The van der Waals surface area contributed by atoms with Gasteiger partial charge in [-0.3, -0.25) is 4.79 Å². The largest absolute Gasteiger partial charge is 0.373 e. The van der Waals surface area contributed by atoms with E-state index in [-0.39, 0.29) is 11.6 Å². The van der Waals surface area contributed by atoms with Crippen molar-refractivity contribution in [2.75, 3.05) is 13.7 Å². The van der Waals surface area contributed by atoms with Gasteiger partial charge >= 0.3 is 0 Å². The summed E-state index contributed by atoms with van der Waals surface area (Å²) in [4.78, 5) is 14.7. The first kappa shape index (κ1) is 10.0. The number of H-pyrrole nitrogens is 1. The SMILES string of the molecule is CN[C@H]1COCc2[nH]c(=O)c3cscc3c21. The maximum Gasteiger partial charge on any atom is 0.256 e. The maximum absolute atomic E-state index is 11.8. The van der Waals surface area contributed by atoms with E-state index < -0.39 is 0 Å². The summed E-state index contributed by atoms with van der Waals surface area (Å²) >= 11 is 1.56. The fourth-order valence-electron chi connectivity index (χ4n) is 2.22. The highest BCUT2D eigenvalue weighted by Crippen LogP contribution is 2.30. The molecular weight excluding hydrogens is 224 g/mol. The third kappa shape index (κ3) is 1.32. The highest BCUT2D eigenvalue weighted by Gasteiger charge is 2.23. The van der Waals surface area contributed by atoms with Gasteiger partial charge in [0.25, 0.3) is 5.56 Å². The van der Waals surface area contributed by atoms with Gasteiger partial charge in [0.15, 0.2) is 0 Å². The zero-order valence-electron chi connectivity index (χ0n) is 8.87. The van der Waals surface area contributed by atoms with E-state index in [4.69, 9.17) is 4.74 Å². The van der Waals surface area contributed by atoms with Crippen LogP contribution >= 0.6 is 11.3 Å². The summed E-state index contributed by atoms with van der Waals surface area (Å²) in [5.74, 6) is 0. The molecule has 4 nitrogen and oxygen atoms in total. The predicted octanol–water partition coefficient (Wildman–Crippen LogP) is 1.38. The van der Waals surface area contributed by atoms with E-state index in [9.17, 15) is 4.79 Å². The molecule has 5 heteroatoms. The van der Waals surface area contributed by atoms with E-state index in [1.165, 1.54) is 5.56 Å². The van der Waals surface area contributed by atoms with Gasteiger partial charge < -0.3 is 15.0 Å². The van der Waals surface area contributed by atoms with Crippen molar-refractivity contribution in [1.29, 1.82) is 0 Å². The predicted molar refractivity (Wildman–Crippen MR) is 63.9 cm³/mol. The molecule has 0 aromatic carbocycles. The molecule has 3 heterocycles. The van der Waals surface area contributed by atoms with E-state index in [1.54, 1.807) is 11.3 Å². The smallest absolute Gasteiger partial charge is 0.256 e. The molecule has 0 bridgehead atoms. The minimum absolute atomic E-state index is 0.0182. The Morgan fingerprint density at radius 2 is 2.31 bits per heavy atom. The first-order chi connectivity index (χ1) is 7.81. The Hall–Kier alpha value is -1.17. The number of hydrogen-bond acceptors (Lipinski definition) is 4. The van der Waals surface area contributed by atoms with Crippen LogP contribution in [-0.2, 0) is 11.3 Å². The molecule has 2 aromatic rings. The third-order valence-electron chi connectivity index (χ3n) is 3.01. The van der Waals surface area contributed by atoms with Crippen LogP contribution in [0.15, 0.2) is 15.6 Å². The Balaban J connectivity index is 2.37. The maximum atomic E-state index is 11.8. The number of likely N-dealkylation sites (N-methyl/N-ethyl adjacent to an activating group) is 1. The molecule has 0 aliphatic carbocycles. The van der Waals surface area contributed by atoms with E-state index in [0.717, 1.165) is 16.5 Å². The molecule has 2 N–H and O–H groups in total. The Morgan fingerprint density at radius 3 is 3.12 bits per heavy atom. The number of aromatic nitrogens is 1. The van der Waals surface area contributed by atoms with Crippen molar-refractivity contribution in [1.82, 2.24) is 10.3 Å². The highest BCUT2D eigenvalue weighted by molar-refractivity contribution is 7.09. The van der Waals surface area contributed by atoms with Gasteiger partial charge in [-0.1, -0.05) is 0 Å². The summed E-state index contributed by atoms with van der Waals surface area (Å²) in [5, 5.41) is 9.00. The standard InChI is InChI=1S/C11H12N2O2S/c1-12-8-2-15-3-9-10(8)6-4-16-5-7(6)11(14)13-9/h4-5,8,12H,2-3H2,1H3,(H,13,14)/t8-/m0/s1. The van der Waals surface area contributed by atoms with E-state index in [0.29, 0.717) is 13.2 Å². The molecule has 1 atom stereocenters. The average Bonchev–Trinajstić information content (AvgIpc) is 2.77. The number of thiophene rings is 1. The number of nitrogens with one attached hydrogen (secondary N) is 2. The number of fused-ring (bicyclic) bond motifs is 3. The first-order valence-electron chi connectivity index (χ1n) is 5.17. The van der Waals surface area contributed by atoms with Crippen LogP contribution in [0.1, 0.15) is 17.3 Å². The summed E-state index contributed by atoms with van der Waals surface area (Å²) in [6.07, 6.45) is 0. The molecule has 16 heavy (non-hydrogen) atoms. The number of hydrogen-bond donors (Lipinski definition) is 2.